The number of carbonyl (C=O) groups is 2. The molecule has 2 aromatic heterocycles. The Kier molecular flexibility index (Phi) is 5.82. The monoisotopic (exact) mass is 453 g/mol. The normalized spacial score (nSPS) is 12.5. The standard InChI is InChI=1S/C23H18F3N5O2/c24-23(25,26)15-4-1-3-13(11-15)12-18(20(27)32)30-22(33)16-5-2-6-17-19(16)31-21(29-17)14-7-9-28-10-8-14/h1-11,18H,12H2,(H2,27,32)(H,29,31)(H,30,33)/t18-/m0/s1. The second-order valence-electron chi connectivity index (χ2n) is 7.35. The van der Waals surface area contributed by atoms with Crippen molar-refractivity contribution in [3.05, 3.63) is 83.7 Å². The van der Waals surface area contributed by atoms with Gasteiger partial charge in [0.1, 0.15) is 17.4 Å². The number of pyridine rings is 1. The van der Waals surface area contributed by atoms with Crippen LogP contribution >= 0.6 is 0 Å². The van der Waals surface area contributed by atoms with Gasteiger partial charge in [-0.2, -0.15) is 13.2 Å². The zero-order valence-electron chi connectivity index (χ0n) is 17.1. The molecule has 2 heterocycles. The van der Waals surface area contributed by atoms with Gasteiger partial charge in [-0.15, -0.1) is 0 Å². The number of nitrogens with zero attached hydrogens (tertiary/aromatic N) is 2. The Morgan fingerprint density at radius 2 is 1.79 bits per heavy atom. The van der Waals surface area contributed by atoms with E-state index in [-0.39, 0.29) is 17.5 Å². The Labute approximate surface area is 185 Å². The summed E-state index contributed by atoms with van der Waals surface area (Å²) in [6, 6.07) is 11.8. The van der Waals surface area contributed by atoms with Crippen LogP contribution < -0.4 is 11.1 Å². The molecule has 10 heteroatoms. The molecule has 0 unspecified atom stereocenters. The second kappa shape index (κ2) is 8.73. The van der Waals surface area contributed by atoms with Crippen molar-refractivity contribution >= 4 is 22.8 Å². The summed E-state index contributed by atoms with van der Waals surface area (Å²) in [6.07, 6.45) is -1.49. The van der Waals surface area contributed by atoms with Gasteiger partial charge >= 0.3 is 6.18 Å². The lowest BCUT2D eigenvalue weighted by Gasteiger charge is -2.17. The van der Waals surface area contributed by atoms with Gasteiger partial charge in [-0.1, -0.05) is 24.3 Å². The van der Waals surface area contributed by atoms with E-state index in [0.717, 1.165) is 17.7 Å². The van der Waals surface area contributed by atoms with E-state index in [1.54, 1.807) is 36.7 Å². The van der Waals surface area contributed by atoms with Crippen LogP contribution in [0.3, 0.4) is 0 Å². The number of imidazole rings is 1. The van der Waals surface area contributed by atoms with Gasteiger partial charge < -0.3 is 16.0 Å². The van der Waals surface area contributed by atoms with Gasteiger partial charge in [0, 0.05) is 24.4 Å². The number of nitrogens with one attached hydrogen (secondary N) is 2. The molecule has 4 N–H and O–H groups in total. The number of carbonyl (C=O) groups excluding carboxylic acids is 2. The fourth-order valence-electron chi connectivity index (χ4n) is 3.43. The number of amides is 2. The van der Waals surface area contributed by atoms with Crippen LogP contribution in [0.25, 0.3) is 22.4 Å². The lowest BCUT2D eigenvalue weighted by atomic mass is 10.0. The number of hydrogen-bond donors (Lipinski definition) is 3. The van der Waals surface area contributed by atoms with Crippen LogP contribution in [0, 0.1) is 0 Å². The van der Waals surface area contributed by atoms with Crippen molar-refractivity contribution in [3.63, 3.8) is 0 Å². The molecule has 33 heavy (non-hydrogen) atoms. The van der Waals surface area contributed by atoms with E-state index in [0.29, 0.717) is 16.9 Å². The highest BCUT2D eigenvalue weighted by atomic mass is 19.4. The number of aromatic nitrogens is 3. The van der Waals surface area contributed by atoms with Crippen molar-refractivity contribution in [2.75, 3.05) is 0 Å². The minimum Gasteiger partial charge on any atom is -0.368 e. The van der Waals surface area contributed by atoms with E-state index >= 15 is 0 Å². The molecule has 0 aliphatic rings. The SMILES string of the molecule is NC(=O)[C@H](Cc1cccc(C(F)(F)F)c1)NC(=O)c1cccc2[nH]c(-c3ccncc3)nc12. The summed E-state index contributed by atoms with van der Waals surface area (Å²) in [4.78, 5) is 36.5. The molecule has 4 rings (SSSR count). The maximum absolute atomic E-state index is 13.0. The van der Waals surface area contributed by atoms with Crippen LogP contribution in [0.15, 0.2) is 67.0 Å². The maximum atomic E-state index is 13.0. The van der Waals surface area contributed by atoms with Gasteiger partial charge in [-0.25, -0.2) is 4.98 Å². The Hall–Kier alpha value is -4.21. The number of halogens is 3. The van der Waals surface area contributed by atoms with E-state index in [1.165, 1.54) is 18.2 Å². The summed E-state index contributed by atoms with van der Waals surface area (Å²) in [7, 11) is 0. The van der Waals surface area contributed by atoms with Gasteiger partial charge in [0.25, 0.3) is 5.91 Å². The summed E-state index contributed by atoms with van der Waals surface area (Å²) < 4.78 is 39.0. The molecule has 0 spiro atoms. The average Bonchev–Trinajstić information content (AvgIpc) is 3.23. The fourth-order valence-corrected chi connectivity index (χ4v) is 3.43. The van der Waals surface area contributed by atoms with Crippen LogP contribution in [0.4, 0.5) is 13.2 Å². The number of nitrogens with two attached hydrogens (primary N) is 1. The number of H-pyrrole nitrogens is 1. The molecule has 0 aliphatic carbocycles. The number of primary amides is 1. The molecular formula is C23H18F3N5O2. The second-order valence-corrected chi connectivity index (χ2v) is 7.35. The van der Waals surface area contributed by atoms with Crippen LogP contribution in [-0.4, -0.2) is 32.8 Å². The quantitative estimate of drug-likeness (QED) is 0.415. The summed E-state index contributed by atoms with van der Waals surface area (Å²) >= 11 is 0. The van der Waals surface area contributed by atoms with E-state index in [9.17, 15) is 22.8 Å². The smallest absolute Gasteiger partial charge is 0.368 e. The molecule has 0 saturated carbocycles. The molecule has 2 amide bonds. The lowest BCUT2D eigenvalue weighted by molar-refractivity contribution is -0.137. The molecule has 4 aromatic rings. The van der Waals surface area contributed by atoms with Crippen molar-refractivity contribution in [2.45, 2.75) is 18.6 Å². The molecular weight excluding hydrogens is 435 g/mol. The Morgan fingerprint density at radius 3 is 2.48 bits per heavy atom. The lowest BCUT2D eigenvalue weighted by Crippen LogP contribution is -2.45. The van der Waals surface area contributed by atoms with Crippen molar-refractivity contribution in [1.82, 2.24) is 20.3 Å². The highest BCUT2D eigenvalue weighted by Gasteiger charge is 2.31. The first kappa shape index (κ1) is 22.0. The number of fused-ring (bicyclic) bond motifs is 1. The number of alkyl halides is 3. The van der Waals surface area contributed by atoms with E-state index in [1.807, 2.05) is 0 Å². The predicted octanol–water partition coefficient (Wildman–Crippen LogP) is 3.47. The van der Waals surface area contributed by atoms with Gasteiger partial charge in [0.15, 0.2) is 0 Å². The Bertz CT molecular complexity index is 1320. The summed E-state index contributed by atoms with van der Waals surface area (Å²) in [5.41, 5.74) is 6.73. The van der Waals surface area contributed by atoms with E-state index in [4.69, 9.17) is 5.73 Å². The van der Waals surface area contributed by atoms with Crippen molar-refractivity contribution in [1.29, 1.82) is 0 Å². The first-order chi connectivity index (χ1) is 15.7. The zero-order chi connectivity index (χ0) is 23.6. The number of hydrogen-bond acceptors (Lipinski definition) is 4. The van der Waals surface area contributed by atoms with Gasteiger partial charge in [-0.05, 0) is 35.9 Å². The summed E-state index contributed by atoms with van der Waals surface area (Å²) in [5, 5.41) is 2.52. The molecule has 1 atom stereocenters. The van der Waals surface area contributed by atoms with E-state index in [2.05, 4.69) is 20.3 Å². The highest BCUT2D eigenvalue weighted by Crippen LogP contribution is 2.30. The molecule has 168 valence electrons. The average molecular weight is 453 g/mol. The molecule has 0 radical (unpaired) electrons. The number of benzene rings is 2. The van der Waals surface area contributed by atoms with Gasteiger partial charge in [0.2, 0.25) is 5.91 Å². The zero-order valence-corrected chi connectivity index (χ0v) is 17.1. The Balaban J connectivity index is 1.59. The van der Waals surface area contributed by atoms with Gasteiger partial charge in [0.05, 0.1) is 16.6 Å². The third-order valence-electron chi connectivity index (χ3n) is 5.05. The first-order valence-electron chi connectivity index (χ1n) is 9.88. The minimum absolute atomic E-state index is 0.191. The molecule has 7 nitrogen and oxygen atoms in total. The van der Waals surface area contributed by atoms with Crippen LogP contribution in [0.2, 0.25) is 0 Å². The summed E-state index contributed by atoms with van der Waals surface area (Å²) in [5.74, 6) is -0.959. The number of rotatable bonds is 6. The summed E-state index contributed by atoms with van der Waals surface area (Å²) in [6.45, 7) is 0. The molecule has 2 aromatic carbocycles. The first-order valence-corrected chi connectivity index (χ1v) is 9.88. The molecule has 0 saturated heterocycles. The van der Waals surface area contributed by atoms with Crippen LogP contribution in [-0.2, 0) is 17.4 Å². The van der Waals surface area contributed by atoms with Crippen molar-refractivity contribution < 1.29 is 22.8 Å². The van der Waals surface area contributed by atoms with Gasteiger partial charge in [-0.3, -0.25) is 14.6 Å². The molecule has 0 fully saturated rings. The molecule has 0 aliphatic heterocycles. The number of para-hydroxylation sites is 1. The topological polar surface area (TPSA) is 114 Å². The Morgan fingerprint density at radius 1 is 1.06 bits per heavy atom. The highest BCUT2D eigenvalue weighted by molar-refractivity contribution is 6.06. The third-order valence-corrected chi connectivity index (χ3v) is 5.05. The largest absolute Gasteiger partial charge is 0.416 e. The van der Waals surface area contributed by atoms with Crippen molar-refractivity contribution in [2.24, 2.45) is 5.73 Å². The van der Waals surface area contributed by atoms with Crippen molar-refractivity contribution in [3.8, 4) is 11.4 Å². The number of aromatic amines is 1. The third kappa shape index (κ3) is 4.84. The fraction of sp³-hybridized carbons (Fsp3) is 0.130. The predicted molar refractivity (Wildman–Crippen MR) is 115 cm³/mol. The maximum Gasteiger partial charge on any atom is 0.416 e. The molecule has 0 bridgehead atoms. The van der Waals surface area contributed by atoms with Crippen LogP contribution in [0.5, 0.6) is 0 Å². The van der Waals surface area contributed by atoms with Crippen LogP contribution in [0.1, 0.15) is 21.5 Å². The van der Waals surface area contributed by atoms with E-state index < -0.39 is 29.6 Å². The minimum atomic E-state index is -4.52.